The molecular weight excluding hydrogens is 449 g/mol. The maximum Gasteiger partial charge on any atom is 0.176 e. The van der Waals surface area contributed by atoms with Crippen LogP contribution >= 0.6 is 22.6 Å². The van der Waals surface area contributed by atoms with Crippen molar-refractivity contribution < 1.29 is 4.79 Å². The number of halogens is 1. The highest BCUT2D eigenvalue weighted by Crippen LogP contribution is 2.55. The van der Waals surface area contributed by atoms with Crippen molar-refractivity contribution >= 4 is 40.1 Å². The zero-order chi connectivity index (χ0) is 19.2. The van der Waals surface area contributed by atoms with E-state index in [1.807, 2.05) is 65.6 Å². The first-order valence-electron chi connectivity index (χ1n) is 8.67. The van der Waals surface area contributed by atoms with E-state index in [-0.39, 0.29) is 5.78 Å². The van der Waals surface area contributed by atoms with Crippen LogP contribution in [0, 0.1) is 31.6 Å². The van der Waals surface area contributed by atoms with Crippen LogP contribution in [0.25, 0.3) is 6.08 Å². The number of para-hydroxylation sites is 1. The van der Waals surface area contributed by atoms with Crippen LogP contribution in [0.3, 0.4) is 0 Å². The van der Waals surface area contributed by atoms with Crippen LogP contribution in [0.4, 0.5) is 5.69 Å². The van der Waals surface area contributed by atoms with Gasteiger partial charge in [0.2, 0.25) is 0 Å². The third-order valence-electron chi connectivity index (χ3n) is 5.54. The lowest BCUT2D eigenvalue weighted by Crippen LogP contribution is -2.43. The molecule has 132 valence electrons. The van der Waals surface area contributed by atoms with E-state index in [4.69, 9.17) is 0 Å². The first-order chi connectivity index (χ1) is 13.0. The summed E-state index contributed by atoms with van der Waals surface area (Å²) in [7, 11) is 0. The van der Waals surface area contributed by atoms with Crippen molar-refractivity contribution in [2.24, 2.45) is 5.41 Å². The molecule has 0 amide bonds. The Hall–Kier alpha value is -2.64. The van der Waals surface area contributed by atoms with E-state index in [0.29, 0.717) is 0 Å². The van der Waals surface area contributed by atoms with Crippen LogP contribution in [0.1, 0.15) is 24.0 Å². The monoisotopic (exact) mass is 465 g/mol. The van der Waals surface area contributed by atoms with Crippen molar-refractivity contribution in [3.05, 3.63) is 69.3 Å². The fourth-order valence-electron chi connectivity index (χ4n) is 4.46. The van der Waals surface area contributed by atoms with E-state index in [1.165, 1.54) is 0 Å². The zero-order valence-electron chi connectivity index (χ0n) is 14.6. The second-order valence-electron chi connectivity index (χ2n) is 6.95. The Kier molecular flexibility index (Phi) is 4.28. The Morgan fingerprint density at radius 2 is 1.89 bits per heavy atom. The predicted octanol–water partition coefficient (Wildman–Crippen LogP) is 4.28. The minimum absolute atomic E-state index is 0.0404. The lowest BCUT2D eigenvalue weighted by molar-refractivity contribution is -0.118. The van der Waals surface area contributed by atoms with Gasteiger partial charge in [0.15, 0.2) is 11.2 Å². The fourth-order valence-corrected chi connectivity index (χ4v) is 5.03. The number of anilines is 1. The Morgan fingerprint density at radius 1 is 1.15 bits per heavy atom. The number of hydrogen-bond acceptors (Lipinski definition) is 4. The van der Waals surface area contributed by atoms with E-state index < -0.39 is 23.4 Å². The second-order valence-corrected chi connectivity index (χ2v) is 8.20. The fraction of sp³-hybridized carbons (Fsp3) is 0.227. The van der Waals surface area contributed by atoms with Gasteiger partial charge in [0.1, 0.15) is 0 Å². The summed E-state index contributed by atoms with van der Waals surface area (Å²) in [5.74, 6) is -0.568. The van der Waals surface area contributed by atoms with Crippen molar-refractivity contribution in [1.29, 1.82) is 10.5 Å². The summed E-state index contributed by atoms with van der Waals surface area (Å²) in [4.78, 5) is 14.8. The van der Waals surface area contributed by atoms with Gasteiger partial charge in [0.25, 0.3) is 0 Å². The molecule has 3 atom stereocenters. The molecule has 2 heterocycles. The van der Waals surface area contributed by atoms with Crippen LogP contribution in [0.2, 0.25) is 0 Å². The number of ketones is 1. The summed E-state index contributed by atoms with van der Waals surface area (Å²) in [5, 5.41) is 20.3. The van der Waals surface area contributed by atoms with E-state index in [0.717, 1.165) is 20.4 Å². The van der Waals surface area contributed by atoms with Gasteiger partial charge in [0.05, 0.1) is 24.2 Å². The van der Waals surface area contributed by atoms with Crippen molar-refractivity contribution in [3.8, 4) is 12.1 Å². The third kappa shape index (κ3) is 2.49. The first kappa shape index (κ1) is 17.8. The molecule has 1 fully saturated rings. The maximum atomic E-state index is 12.8. The molecule has 2 aliphatic rings. The minimum Gasteiger partial charge on any atom is -0.351 e. The molecule has 27 heavy (non-hydrogen) atoms. The van der Waals surface area contributed by atoms with Crippen LogP contribution in [-0.2, 0) is 4.79 Å². The molecular formula is C22H16IN3O. The smallest absolute Gasteiger partial charge is 0.176 e. The molecule has 2 aromatic rings. The number of nitriles is 2. The number of benzene rings is 2. The van der Waals surface area contributed by atoms with Crippen LogP contribution < -0.4 is 4.90 Å². The lowest BCUT2D eigenvalue weighted by atomic mass is 9.69. The third-order valence-corrected chi connectivity index (χ3v) is 6.21. The van der Waals surface area contributed by atoms with Gasteiger partial charge in [-0.15, -0.1) is 0 Å². The minimum atomic E-state index is -1.34. The quantitative estimate of drug-likeness (QED) is 0.621. The molecule has 0 saturated carbocycles. The topological polar surface area (TPSA) is 67.9 Å². The summed E-state index contributed by atoms with van der Waals surface area (Å²) in [5.41, 5.74) is 1.40. The number of nitrogens with zero attached hydrogens (tertiary/aromatic N) is 3. The molecule has 5 heteroatoms. The molecule has 0 aromatic heterocycles. The number of carbonyl (C=O) groups is 1. The number of fused-ring (bicyclic) bond motifs is 3. The normalized spacial score (nSPS) is 24.4. The Balaban J connectivity index is 2.01. The van der Waals surface area contributed by atoms with E-state index in [2.05, 4.69) is 34.7 Å². The molecule has 0 aliphatic carbocycles. The van der Waals surface area contributed by atoms with Gasteiger partial charge >= 0.3 is 0 Å². The van der Waals surface area contributed by atoms with Crippen molar-refractivity contribution in [2.75, 3.05) is 4.90 Å². The molecule has 4 rings (SSSR count). The number of Topliss-reactive ketones (excluding diaryl/α,β-unsaturated/α-hetero) is 1. The summed E-state index contributed by atoms with van der Waals surface area (Å²) in [6.45, 7) is 1.55. The molecule has 0 radical (unpaired) electrons. The SMILES string of the molecule is CC(=O)[C@@H]1[C@H](c2cccc(I)c2)C(C#N)(C#N)[C@H]2C=Cc3ccccc3N12. The average molecular weight is 465 g/mol. The number of carbonyl (C=O) groups excluding carboxylic acids is 1. The van der Waals surface area contributed by atoms with Gasteiger partial charge in [-0.2, -0.15) is 10.5 Å². The van der Waals surface area contributed by atoms with Gasteiger partial charge in [-0.05, 0) is 58.8 Å². The van der Waals surface area contributed by atoms with Crippen molar-refractivity contribution in [3.63, 3.8) is 0 Å². The highest BCUT2D eigenvalue weighted by molar-refractivity contribution is 14.1. The Labute approximate surface area is 171 Å². The molecule has 0 N–H and O–H groups in total. The van der Waals surface area contributed by atoms with E-state index in [9.17, 15) is 15.3 Å². The molecule has 2 aromatic carbocycles. The largest absolute Gasteiger partial charge is 0.351 e. The highest BCUT2D eigenvalue weighted by Gasteiger charge is 2.62. The van der Waals surface area contributed by atoms with Crippen LogP contribution in [0.5, 0.6) is 0 Å². The van der Waals surface area contributed by atoms with Crippen LogP contribution in [-0.4, -0.2) is 17.9 Å². The van der Waals surface area contributed by atoms with E-state index in [1.54, 1.807) is 6.92 Å². The van der Waals surface area contributed by atoms with Gasteiger partial charge in [-0.25, -0.2) is 0 Å². The van der Waals surface area contributed by atoms with Crippen molar-refractivity contribution in [2.45, 2.75) is 24.9 Å². The summed E-state index contributed by atoms with van der Waals surface area (Å²) in [6.07, 6.45) is 3.85. The summed E-state index contributed by atoms with van der Waals surface area (Å²) in [6, 6.07) is 19.1. The second kappa shape index (κ2) is 6.51. The zero-order valence-corrected chi connectivity index (χ0v) is 16.8. The summed E-state index contributed by atoms with van der Waals surface area (Å²) < 4.78 is 1.01. The molecule has 0 unspecified atom stereocenters. The summed E-state index contributed by atoms with van der Waals surface area (Å²) >= 11 is 2.22. The molecule has 0 spiro atoms. The molecule has 4 nitrogen and oxygen atoms in total. The number of rotatable bonds is 2. The molecule has 1 saturated heterocycles. The Bertz CT molecular complexity index is 1030. The van der Waals surface area contributed by atoms with Gasteiger partial charge < -0.3 is 4.90 Å². The lowest BCUT2D eigenvalue weighted by Gasteiger charge is -2.35. The van der Waals surface area contributed by atoms with Gasteiger partial charge in [-0.3, -0.25) is 4.79 Å². The van der Waals surface area contributed by atoms with E-state index >= 15 is 0 Å². The maximum absolute atomic E-state index is 12.8. The molecule has 2 aliphatic heterocycles. The first-order valence-corrected chi connectivity index (χ1v) is 9.75. The highest BCUT2D eigenvalue weighted by atomic mass is 127. The van der Waals surface area contributed by atoms with Gasteiger partial charge in [0, 0.05) is 15.2 Å². The van der Waals surface area contributed by atoms with Gasteiger partial charge in [-0.1, -0.05) is 42.5 Å². The molecule has 0 bridgehead atoms. The van der Waals surface area contributed by atoms with Crippen molar-refractivity contribution in [1.82, 2.24) is 0 Å². The standard InChI is InChI=1S/C22H16IN3O/c1-14(27)21-20(16-6-4-7-17(23)11-16)22(12-24,13-25)19-10-9-15-5-2-3-8-18(15)26(19)21/h2-11,19-21H,1H3/t19-,20+,21-/m1/s1. The average Bonchev–Trinajstić information content (AvgIpc) is 2.99. The van der Waals surface area contributed by atoms with Crippen LogP contribution in [0.15, 0.2) is 54.6 Å². The number of hydrogen-bond donors (Lipinski definition) is 0. The predicted molar refractivity (Wildman–Crippen MR) is 112 cm³/mol. The Morgan fingerprint density at radius 3 is 2.56 bits per heavy atom.